The van der Waals surface area contributed by atoms with Crippen molar-refractivity contribution in [1.29, 1.82) is 0 Å². The maximum atomic E-state index is 12.6. The van der Waals surface area contributed by atoms with Crippen molar-refractivity contribution in [3.05, 3.63) is 48.2 Å². The number of likely N-dealkylation sites (N-methyl/N-ethyl adjacent to an activating group) is 1. The summed E-state index contributed by atoms with van der Waals surface area (Å²) in [6.07, 6.45) is 4.88. The number of carbonyl (C=O) groups excluding carboxylic acids is 2. The van der Waals surface area contributed by atoms with Crippen molar-refractivity contribution in [1.82, 2.24) is 10.2 Å². The molecule has 9 nitrogen and oxygen atoms in total. The lowest BCUT2D eigenvalue weighted by Gasteiger charge is -2.28. The number of nitrogens with zero attached hydrogens (tertiary/aromatic N) is 2. The molecule has 2 amide bonds. The zero-order valence-electron chi connectivity index (χ0n) is 15.2. The van der Waals surface area contributed by atoms with Crippen LogP contribution < -0.4 is 15.4 Å². The summed E-state index contributed by atoms with van der Waals surface area (Å²) < 4.78 is 32.6. The Morgan fingerprint density at radius 1 is 1.25 bits per heavy atom. The molecule has 0 aliphatic carbocycles. The highest BCUT2D eigenvalue weighted by molar-refractivity contribution is 7.90. The second-order valence-electron chi connectivity index (χ2n) is 6.04. The van der Waals surface area contributed by atoms with Gasteiger partial charge in [-0.15, -0.1) is 4.40 Å². The maximum absolute atomic E-state index is 12.6. The number of anilines is 1. The van der Waals surface area contributed by atoms with E-state index in [1.165, 1.54) is 6.08 Å². The van der Waals surface area contributed by atoms with Crippen molar-refractivity contribution in [2.75, 3.05) is 30.8 Å². The van der Waals surface area contributed by atoms with Gasteiger partial charge >= 0.3 is 0 Å². The van der Waals surface area contributed by atoms with Crippen molar-refractivity contribution in [2.45, 2.75) is 6.92 Å². The van der Waals surface area contributed by atoms with Crippen LogP contribution in [-0.2, 0) is 19.6 Å². The maximum Gasteiger partial charge on any atom is 0.259 e. The molecule has 2 aliphatic heterocycles. The predicted molar refractivity (Wildman–Crippen MR) is 104 cm³/mol. The molecule has 0 fully saturated rings. The fourth-order valence-electron chi connectivity index (χ4n) is 2.62. The number of carbonyl (C=O) groups is 2. The van der Waals surface area contributed by atoms with Gasteiger partial charge < -0.3 is 20.3 Å². The molecule has 3 rings (SSSR count). The van der Waals surface area contributed by atoms with Gasteiger partial charge in [-0.25, -0.2) is 8.42 Å². The Morgan fingerprint density at radius 3 is 2.71 bits per heavy atom. The van der Waals surface area contributed by atoms with Crippen LogP contribution in [0.1, 0.15) is 6.92 Å². The number of amides is 2. The van der Waals surface area contributed by atoms with Gasteiger partial charge in [0.25, 0.3) is 21.8 Å². The molecule has 148 valence electrons. The monoisotopic (exact) mass is 404 g/mol. The van der Waals surface area contributed by atoms with E-state index < -0.39 is 15.9 Å². The lowest BCUT2D eigenvalue weighted by molar-refractivity contribution is -0.123. The highest BCUT2D eigenvalue weighted by atomic mass is 32.2. The van der Waals surface area contributed by atoms with Crippen molar-refractivity contribution in [2.24, 2.45) is 4.40 Å². The third-order valence-electron chi connectivity index (χ3n) is 3.96. The zero-order chi connectivity index (χ0) is 20.1. The minimum Gasteiger partial charge on any atom is -0.484 e. The average Bonchev–Trinajstić information content (AvgIpc) is 2.66. The first-order valence-electron chi connectivity index (χ1n) is 8.67. The third-order valence-corrected chi connectivity index (χ3v) is 5.11. The summed E-state index contributed by atoms with van der Waals surface area (Å²) >= 11 is 0. The Morgan fingerprint density at radius 2 is 2.00 bits per heavy atom. The number of hydrogen-bond acceptors (Lipinski definition) is 6. The lowest BCUT2D eigenvalue weighted by atomic mass is 10.1. The van der Waals surface area contributed by atoms with E-state index in [4.69, 9.17) is 4.74 Å². The molecule has 1 aromatic carbocycles. The lowest BCUT2D eigenvalue weighted by Crippen LogP contribution is -2.40. The summed E-state index contributed by atoms with van der Waals surface area (Å²) in [6.45, 7) is 2.51. The van der Waals surface area contributed by atoms with Gasteiger partial charge in [-0.2, -0.15) is 0 Å². The zero-order valence-corrected chi connectivity index (χ0v) is 16.0. The highest BCUT2D eigenvalue weighted by Crippen LogP contribution is 2.20. The molecule has 28 heavy (non-hydrogen) atoms. The van der Waals surface area contributed by atoms with Gasteiger partial charge in [0.2, 0.25) is 0 Å². The topological polar surface area (TPSA) is 117 Å². The molecule has 0 atom stereocenters. The summed E-state index contributed by atoms with van der Waals surface area (Å²) in [7, 11) is -3.57. The molecule has 0 saturated carbocycles. The summed E-state index contributed by atoms with van der Waals surface area (Å²) in [6, 6.07) is 6.50. The summed E-state index contributed by atoms with van der Waals surface area (Å²) in [5.74, 6) is -0.176. The number of sulfonamides is 1. The molecular weight excluding hydrogens is 384 g/mol. The molecule has 2 N–H and O–H groups in total. The molecule has 0 saturated heterocycles. The Hall–Kier alpha value is -3.14. The van der Waals surface area contributed by atoms with Gasteiger partial charge in [0, 0.05) is 25.0 Å². The fourth-order valence-corrected chi connectivity index (χ4v) is 3.61. The van der Waals surface area contributed by atoms with Crippen LogP contribution in [0.4, 0.5) is 5.69 Å². The number of fused-ring (bicyclic) bond motifs is 1. The van der Waals surface area contributed by atoms with E-state index in [0.717, 1.165) is 0 Å². The molecule has 0 aromatic heterocycles. The molecule has 10 heteroatoms. The van der Waals surface area contributed by atoms with Gasteiger partial charge in [-0.3, -0.25) is 9.59 Å². The largest absolute Gasteiger partial charge is 0.484 e. The smallest absolute Gasteiger partial charge is 0.259 e. The number of amidine groups is 1. The van der Waals surface area contributed by atoms with Crippen LogP contribution in [0, 0.1) is 0 Å². The van der Waals surface area contributed by atoms with E-state index in [2.05, 4.69) is 15.0 Å². The molecular formula is C18H20N4O5S. The van der Waals surface area contributed by atoms with Gasteiger partial charge in [-0.05, 0) is 43.3 Å². The minimum atomic E-state index is -3.57. The van der Waals surface area contributed by atoms with E-state index in [0.29, 0.717) is 18.0 Å². The van der Waals surface area contributed by atoms with Crippen LogP contribution in [0.5, 0.6) is 5.75 Å². The summed E-state index contributed by atoms with van der Waals surface area (Å²) in [4.78, 5) is 25.6. The van der Waals surface area contributed by atoms with Crippen molar-refractivity contribution in [3.63, 3.8) is 0 Å². The SMILES string of the molecule is CCNC(=O)COc1ccc(NC(=O)C2=CC=CN3CCS(=O)(=O)N=C23)cc1. The molecule has 0 radical (unpaired) electrons. The standard InChI is InChI=1S/C18H20N4O5S/c1-2-19-16(23)12-27-14-7-5-13(6-8-14)20-18(24)15-4-3-9-22-10-11-28(25,26)21-17(15)22/h3-9H,2,10-12H2,1H3,(H,19,23)(H,20,24). The van der Waals surface area contributed by atoms with Gasteiger partial charge in [0.15, 0.2) is 12.4 Å². The van der Waals surface area contributed by atoms with Crippen LogP contribution in [0.3, 0.4) is 0 Å². The first kappa shape index (κ1) is 19.6. The van der Waals surface area contributed by atoms with Crippen LogP contribution >= 0.6 is 0 Å². The first-order chi connectivity index (χ1) is 13.4. The van der Waals surface area contributed by atoms with E-state index in [1.807, 2.05) is 6.92 Å². The molecule has 0 unspecified atom stereocenters. The molecule has 0 spiro atoms. The Kier molecular flexibility index (Phi) is 5.78. The third kappa shape index (κ3) is 4.77. The number of benzene rings is 1. The number of allylic oxidation sites excluding steroid dienone is 2. The summed E-state index contributed by atoms with van der Waals surface area (Å²) in [5, 5.41) is 5.33. The fraction of sp³-hybridized carbons (Fsp3) is 0.278. The number of ether oxygens (including phenoxy) is 1. The first-order valence-corrected chi connectivity index (χ1v) is 10.3. The van der Waals surface area contributed by atoms with Crippen LogP contribution in [0.15, 0.2) is 52.6 Å². The van der Waals surface area contributed by atoms with E-state index in [9.17, 15) is 18.0 Å². The summed E-state index contributed by atoms with van der Waals surface area (Å²) in [5.41, 5.74) is 0.666. The minimum absolute atomic E-state index is 0.0898. The Balaban J connectivity index is 1.66. The molecule has 2 heterocycles. The van der Waals surface area contributed by atoms with Crippen molar-refractivity contribution < 1.29 is 22.7 Å². The quantitative estimate of drug-likeness (QED) is 0.719. The molecule has 0 bridgehead atoms. The van der Waals surface area contributed by atoms with Crippen molar-refractivity contribution in [3.8, 4) is 5.75 Å². The highest BCUT2D eigenvalue weighted by Gasteiger charge is 2.29. The van der Waals surface area contributed by atoms with Crippen LogP contribution in [0.2, 0.25) is 0 Å². The second-order valence-corrected chi connectivity index (χ2v) is 7.79. The second kappa shape index (κ2) is 8.26. The van der Waals surface area contributed by atoms with E-state index in [1.54, 1.807) is 41.4 Å². The average molecular weight is 404 g/mol. The number of hydrogen-bond donors (Lipinski definition) is 2. The molecule has 2 aliphatic rings. The van der Waals surface area contributed by atoms with Crippen molar-refractivity contribution >= 4 is 33.4 Å². The van der Waals surface area contributed by atoms with Gasteiger partial charge in [0.1, 0.15) is 5.75 Å². The normalized spacial score (nSPS) is 17.1. The van der Waals surface area contributed by atoms with E-state index in [-0.39, 0.29) is 36.2 Å². The van der Waals surface area contributed by atoms with Crippen LogP contribution in [0.25, 0.3) is 0 Å². The molecule has 1 aromatic rings. The van der Waals surface area contributed by atoms with E-state index >= 15 is 0 Å². The Labute approximate surface area is 162 Å². The predicted octanol–water partition coefficient (Wildman–Crippen LogP) is 0.638. The van der Waals surface area contributed by atoms with Gasteiger partial charge in [-0.1, -0.05) is 0 Å². The number of rotatable bonds is 6. The van der Waals surface area contributed by atoms with Crippen LogP contribution in [-0.4, -0.2) is 56.4 Å². The van der Waals surface area contributed by atoms with Gasteiger partial charge in [0.05, 0.1) is 11.3 Å². The Bertz CT molecular complexity index is 964. The number of nitrogens with one attached hydrogen (secondary N) is 2.